The standard InChI is InChI=1S/C34H37FO4/c1-33(2)14-5-7-28(33)26-16-21(8-12-25(26)27-17-23(38-3)11-13-31(27)35)20-39-24-10-9-22-6-4-15-34(29(22)18-24)19-30(34)32(36)37/h8-13,16-18,28,30H,4-7,14-15,19-20H2,1-3H3,(H,36,37). The maximum absolute atomic E-state index is 15.1. The van der Waals surface area contributed by atoms with E-state index in [2.05, 4.69) is 32.0 Å². The number of carboxylic acids is 1. The molecule has 3 aromatic rings. The van der Waals surface area contributed by atoms with Crippen molar-refractivity contribution in [2.75, 3.05) is 7.11 Å². The predicted octanol–water partition coefficient (Wildman–Crippen LogP) is 8.05. The first-order valence-corrected chi connectivity index (χ1v) is 14.2. The highest BCUT2D eigenvalue weighted by Gasteiger charge is 2.60. The monoisotopic (exact) mass is 528 g/mol. The third-order valence-electron chi connectivity index (χ3n) is 9.68. The summed E-state index contributed by atoms with van der Waals surface area (Å²) in [6.45, 7) is 5.02. The molecule has 4 nitrogen and oxygen atoms in total. The topological polar surface area (TPSA) is 55.8 Å². The Kier molecular flexibility index (Phi) is 6.44. The molecule has 5 heteroatoms. The summed E-state index contributed by atoms with van der Waals surface area (Å²) in [7, 11) is 1.60. The maximum atomic E-state index is 15.1. The van der Waals surface area contributed by atoms with Gasteiger partial charge < -0.3 is 14.6 Å². The van der Waals surface area contributed by atoms with Gasteiger partial charge in [0.05, 0.1) is 13.0 Å². The van der Waals surface area contributed by atoms with Gasteiger partial charge in [-0.1, -0.05) is 44.5 Å². The molecule has 0 aliphatic heterocycles. The van der Waals surface area contributed by atoms with E-state index in [1.807, 2.05) is 18.2 Å². The molecule has 6 rings (SSSR count). The molecule has 0 saturated heterocycles. The van der Waals surface area contributed by atoms with Crippen LogP contribution in [0, 0.1) is 17.2 Å². The second-order valence-electron chi connectivity index (χ2n) is 12.4. The number of carbonyl (C=O) groups is 1. The van der Waals surface area contributed by atoms with Crippen LogP contribution in [0.25, 0.3) is 11.1 Å². The van der Waals surface area contributed by atoms with Gasteiger partial charge in [-0.2, -0.15) is 0 Å². The Morgan fingerprint density at radius 2 is 1.82 bits per heavy atom. The van der Waals surface area contributed by atoms with Gasteiger partial charge >= 0.3 is 5.97 Å². The molecule has 3 unspecified atom stereocenters. The fraction of sp³-hybridized carbons (Fsp3) is 0.441. The van der Waals surface area contributed by atoms with Crippen molar-refractivity contribution in [3.05, 3.63) is 82.7 Å². The van der Waals surface area contributed by atoms with Crippen LogP contribution in [-0.4, -0.2) is 18.2 Å². The SMILES string of the molecule is COc1ccc(F)c(-c2ccc(COc3ccc4c(c3)C3(CCC4)CC3C(=O)O)cc2C2CCCC2(C)C)c1. The fourth-order valence-electron chi connectivity index (χ4n) is 7.40. The van der Waals surface area contributed by atoms with E-state index >= 15 is 4.39 Å². The number of aryl methyl sites for hydroxylation is 1. The van der Waals surface area contributed by atoms with Crippen molar-refractivity contribution in [3.8, 4) is 22.6 Å². The number of ether oxygens (including phenoxy) is 2. The number of hydrogen-bond acceptors (Lipinski definition) is 3. The molecule has 0 amide bonds. The number of fused-ring (bicyclic) bond motifs is 2. The lowest BCUT2D eigenvalue weighted by Gasteiger charge is -2.30. The first-order chi connectivity index (χ1) is 18.7. The maximum Gasteiger partial charge on any atom is 0.307 e. The zero-order chi connectivity index (χ0) is 27.4. The molecule has 0 bridgehead atoms. The quantitative estimate of drug-likeness (QED) is 0.337. The van der Waals surface area contributed by atoms with Crippen LogP contribution in [0.5, 0.6) is 11.5 Å². The van der Waals surface area contributed by atoms with Crippen molar-refractivity contribution in [3.63, 3.8) is 0 Å². The van der Waals surface area contributed by atoms with Crippen molar-refractivity contribution < 1.29 is 23.8 Å². The molecule has 0 heterocycles. The van der Waals surface area contributed by atoms with Crippen LogP contribution in [0.15, 0.2) is 54.6 Å². The lowest BCUT2D eigenvalue weighted by Crippen LogP contribution is -2.21. The first-order valence-electron chi connectivity index (χ1n) is 14.2. The summed E-state index contributed by atoms with van der Waals surface area (Å²) in [6, 6.07) is 17.4. The molecule has 1 spiro atoms. The molecule has 204 valence electrons. The lowest BCUT2D eigenvalue weighted by molar-refractivity contribution is -0.139. The highest BCUT2D eigenvalue weighted by molar-refractivity contribution is 5.78. The Morgan fingerprint density at radius 3 is 2.54 bits per heavy atom. The van der Waals surface area contributed by atoms with Gasteiger partial charge in [0.1, 0.15) is 23.9 Å². The molecule has 2 saturated carbocycles. The normalized spacial score (nSPS) is 24.8. The summed E-state index contributed by atoms with van der Waals surface area (Å²) in [4.78, 5) is 11.8. The van der Waals surface area contributed by atoms with Crippen LogP contribution in [0.3, 0.4) is 0 Å². The first kappa shape index (κ1) is 25.9. The van der Waals surface area contributed by atoms with Gasteiger partial charge in [-0.15, -0.1) is 0 Å². The molecular weight excluding hydrogens is 491 g/mol. The van der Waals surface area contributed by atoms with E-state index < -0.39 is 5.97 Å². The Morgan fingerprint density at radius 1 is 1.00 bits per heavy atom. The lowest BCUT2D eigenvalue weighted by atomic mass is 9.75. The molecule has 1 N–H and O–H groups in total. The average molecular weight is 529 g/mol. The van der Waals surface area contributed by atoms with Crippen molar-refractivity contribution in [1.29, 1.82) is 0 Å². The molecule has 0 aromatic heterocycles. The van der Waals surface area contributed by atoms with Gasteiger partial charge in [0, 0.05) is 11.0 Å². The van der Waals surface area contributed by atoms with Crippen molar-refractivity contribution >= 4 is 5.97 Å². The number of aliphatic carboxylic acids is 1. The van der Waals surface area contributed by atoms with Gasteiger partial charge in [-0.25, -0.2) is 4.39 Å². The minimum absolute atomic E-state index is 0.126. The summed E-state index contributed by atoms with van der Waals surface area (Å²) in [5, 5.41) is 9.66. The summed E-state index contributed by atoms with van der Waals surface area (Å²) < 4.78 is 26.8. The predicted molar refractivity (Wildman–Crippen MR) is 150 cm³/mol. The van der Waals surface area contributed by atoms with Crippen LogP contribution < -0.4 is 9.47 Å². The van der Waals surface area contributed by atoms with E-state index in [1.165, 1.54) is 11.6 Å². The fourth-order valence-corrected chi connectivity index (χ4v) is 7.40. The summed E-state index contributed by atoms with van der Waals surface area (Å²) >= 11 is 0. The van der Waals surface area contributed by atoms with Crippen molar-refractivity contribution in [1.82, 2.24) is 0 Å². The molecule has 3 aliphatic rings. The zero-order valence-corrected chi connectivity index (χ0v) is 23.1. The third kappa shape index (κ3) is 4.60. The second kappa shape index (κ2) is 9.69. The van der Waals surface area contributed by atoms with E-state index in [4.69, 9.17) is 9.47 Å². The summed E-state index contributed by atoms with van der Waals surface area (Å²) in [6.07, 6.45) is 7.07. The van der Waals surface area contributed by atoms with Gasteiger partial charge in [0.2, 0.25) is 0 Å². The van der Waals surface area contributed by atoms with E-state index in [0.717, 1.165) is 72.9 Å². The highest BCUT2D eigenvalue weighted by atomic mass is 19.1. The van der Waals surface area contributed by atoms with Gasteiger partial charge in [0.25, 0.3) is 0 Å². The number of halogens is 1. The number of carboxylic acid groups (broad SMARTS) is 1. The summed E-state index contributed by atoms with van der Waals surface area (Å²) in [5.41, 5.74) is 6.02. The van der Waals surface area contributed by atoms with Crippen LogP contribution in [0.4, 0.5) is 4.39 Å². The number of methoxy groups -OCH3 is 1. The molecular formula is C34H37FO4. The molecule has 2 fully saturated rings. The van der Waals surface area contributed by atoms with Crippen LogP contribution in [-0.2, 0) is 23.2 Å². The van der Waals surface area contributed by atoms with Crippen LogP contribution >= 0.6 is 0 Å². The Labute approximate surface area is 230 Å². The molecule has 0 radical (unpaired) electrons. The Hall–Kier alpha value is -3.34. The van der Waals surface area contributed by atoms with Crippen molar-refractivity contribution in [2.24, 2.45) is 11.3 Å². The zero-order valence-electron chi connectivity index (χ0n) is 23.1. The Bertz CT molecular complexity index is 1430. The van der Waals surface area contributed by atoms with E-state index in [0.29, 0.717) is 23.8 Å². The number of rotatable bonds is 7. The van der Waals surface area contributed by atoms with E-state index in [1.54, 1.807) is 19.2 Å². The highest BCUT2D eigenvalue weighted by Crippen LogP contribution is 2.61. The molecule has 39 heavy (non-hydrogen) atoms. The summed E-state index contributed by atoms with van der Waals surface area (Å²) in [5.74, 6) is 0.514. The van der Waals surface area contributed by atoms with Crippen LogP contribution in [0.2, 0.25) is 0 Å². The minimum Gasteiger partial charge on any atom is -0.497 e. The van der Waals surface area contributed by atoms with Gasteiger partial charge in [-0.3, -0.25) is 4.79 Å². The number of hydrogen-bond donors (Lipinski definition) is 1. The smallest absolute Gasteiger partial charge is 0.307 e. The van der Waals surface area contributed by atoms with E-state index in [9.17, 15) is 9.90 Å². The molecule has 3 aliphatic carbocycles. The van der Waals surface area contributed by atoms with E-state index in [-0.39, 0.29) is 22.6 Å². The minimum atomic E-state index is -0.691. The van der Waals surface area contributed by atoms with Gasteiger partial charge in [0.15, 0.2) is 0 Å². The largest absolute Gasteiger partial charge is 0.497 e. The third-order valence-corrected chi connectivity index (χ3v) is 9.68. The number of benzene rings is 3. The Balaban J connectivity index is 1.31. The average Bonchev–Trinajstić information content (AvgIpc) is 3.54. The molecule has 3 aromatic carbocycles. The van der Waals surface area contributed by atoms with Crippen molar-refractivity contribution in [2.45, 2.75) is 76.7 Å². The van der Waals surface area contributed by atoms with Gasteiger partial charge in [-0.05, 0) is 108 Å². The second-order valence-corrected chi connectivity index (χ2v) is 12.4. The molecule has 3 atom stereocenters. The van der Waals surface area contributed by atoms with Crippen LogP contribution in [0.1, 0.15) is 80.5 Å².